The Kier molecular flexibility index (Phi) is 7.44. The van der Waals surface area contributed by atoms with Crippen molar-refractivity contribution in [2.75, 3.05) is 13.7 Å². The number of rotatable bonds is 9. The van der Waals surface area contributed by atoms with Gasteiger partial charge in [0, 0.05) is 13.1 Å². The van der Waals surface area contributed by atoms with Gasteiger partial charge in [-0.05, 0) is 42.3 Å². The third kappa shape index (κ3) is 6.16. The van der Waals surface area contributed by atoms with Crippen LogP contribution in [0.1, 0.15) is 22.6 Å². The molecule has 0 aliphatic carbocycles. The van der Waals surface area contributed by atoms with Crippen LogP contribution >= 0.6 is 0 Å². The van der Waals surface area contributed by atoms with Crippen LogP contribution in [0.5, 0.6) is 5.75 Å². The van der Waals surface area contributed by atoms with Gasteiger partial charge in [0.25, 0.3) is 0 Å². The molecule has 3 rings (SSSR count). The number of methoxy groups -OCH3 is 1. The smallest absolute Gasteiger partial charge is 0.339 e. The first-order valence-corrected chi connectivity index (χ1v) is 11.2. The van der Waals surface area contributed by atoms with E-state index in [1.807, 2.05) is 37.3 Å². The normalized spacial score (nSPS) is 12.2. The fraction of sp³-hybridized carbons (Fsp3) is 0.208. The monoisotopic (exact) mass is 439 g/mol. The molecule has 0 aliphatic heterocycles. The average molecular weight is 440 g/mol. The van der Waals surface area contributed by atoms with E-state index in [0.717, 1.165) is 11.1 Å². The van der Waals surface area contributed by atoms with Crippen molar-refractivity contribution in [3.8, 4) is 5.75 Å². The van der Waals surface area contributed by atoms with E-state index in [1.54, 1.807) is 36.4 Å². The van der Waals surface area contributed by atoms with Gasteiger partial charge in [-0.2, -0.15) is 8.42 Å². The minimum absolute atomic E-state index is 0.0672. The fourth-order valence-electron chi connectivity index (χ4n) is 3.10. The zero-order valence-electron chi connectivity index (χ0n) is 17.4. The molecule has 0 saturated carbocycles. The summed E-state index contributed by atoms with van der Waals surface area (Å²) in [5.41, 5.74) is 2.64. The lowest BCUT2D eigenvalue weighted by Gasteiger charge is -2.17. The van der Waals surface area contributed by atoms with Crippen LogP contribution in [0.4, 0.5) is 0 Å². The van der Waals surface area contributed by atoms with E-state index >= 15 is 0 Å². The Labute approximate surface area is 183 Å². The van der Waals surface area contributed by atoms with Crippen LogP contribution in [0.3, 0.4) is 0 Å². The van der Waals surface area contributed by atoms with Crippen LogP contribution in [-0.4, -0.2) is 28.0 Å². The molecule has 6 nitrogen and oxygen atoms in total. The molecule has 0 aromatic heterocycles. The second-order valence-electron chi connectivity index (χ2n) is 7.12. The molecule has 0 radical (unpaired) electrons. The molecular formula is C24H25NO5S. The van der Waals surface area contributed by atoms with Crippen molar-refractivity contribution >= 4 is 16.1 Å². The largest absolute Gasteiger partial charge is 0.469 e. The van der Waals surface area contributed by atoms with Crippen molar-refractivity contribution in [1.82, 2.24) is 5.32 Å². The Hall–Kier alpha value is -3.16. The maximum absolute atomic E-state index is 12.6. The van der Waals surface area contributed by atoms with Crippen molar-refractivity contribution in [1.29, 1.82) is 0 Å². The van der Waals surface area contributed by atoms with Crippen molar-refractivity contribution in [2.24, 2.45) is 0 Å². The first kappa shape index (κ1) is 22.5. The topological polar surface area (TPSA) is 81.7 Å². The summed E-state index contributed by atoms with van der Waals surface area (Å²) in [6.45, 7) is 2.79. The fourth-order valence-corrected chi connectivity index (χ4v) is 4.02. The van der Waals surface area contributed by atoms with Gasteiger partial charge in [-0.25, -0.2) is 0 Å². The van der Waals surface area contributed by atoms with E-state index in [1.165, 1.54) is 19.2 Å². The summed E-state index contributed by atoms with van der Waals surface area (Å²) in [7, 11) is -2.66. The van der Waals surface area contributed by atoms with E-state index < -0.39 is 22.0 Å². The molecule has 0 bridgehead atoms. The van der Waals surface area contributed by atoms with Crippen LogP contribution in [0.25, 0.3) is 0 Å². The lowest BCUT2D eigenvalue weighted by atomic mass is 9.99. The zero-order valence-corrected chi connectivity index (χ0v) is 18.3. The molecule has 3 aromatic carbocycles. The molecular weight excluding hydrogens is 414 g/mol. The van der Waals surface area contributed by atoms with Crippen molar-refractivity contribution < 1.29 is 22.1 Å². The highest BCUT2D eigenvalue weighted by molar-refractivity contribution is 7.87. The first-order chi connectivity index (χ1) is 14.9. The van der Waals surface area contributed by atoms with Gasteiger partial charge >= 0.3 is 16.1 Å². The van der Waals surface area contributed by atoms with Gasteiger partial charge in [0.2, 0.25) is 0 Å². The number of esters is 1. The molecule has 7 heteroatoms. The average Bonchev–Trinajstić information content (AvgIpc) is 2.77. The van der Waals surface area contributed by atoms with Crippen LogP contribution in [-0.2, 0) is 26.2 Å². The van der Waals surface area contributed by atoms with Crippen LogP contribution in [0, 0.1) is 6.92 Å². The molecule has 0 aliphatic rings. The Bertz CT molecular complexity index is 1110. The summed E-state index contributed by atoms with van der Waals surface area (Å²) < 4.78 is 35.4. The van der Waals surface area contributed by atoms with Gasteiger partial charge < -0.3 is 14.2 Å². The summed E-state index contributed by atoms with van der Waals surface area (Å²) in [5.74, 6) is -0.895. The van der Waals surface area contributed by atoms with Crippen molar-refractivity contribution in [2.45, 2.75) is 24.3 Å². The number of hydrogen-bond acceptors (Lipinski definition) is 6. The summed E-state index contributed by atoms with van der Waals surface area (Å²) in [5, 5.41) is 3.25. The van der Waals surface area contributed by atoms with E-state index in [9.17, 15) is 13.2 Å². The van der Waals surface area contributed by atoms with E-state index in [4.69, 9.17) is 8.92 Å². The quantitative estimate of drug-likeness (QED) is 0.403. The number of ether oxygens (including phenoxy) is 1. The van der Waals surface area contributed by atoms with Gasteiger partial charge in [0.1, 0.15) is 10.6 Å². The second-order valence-corrected chi connectivity index (χ2v) is 8.66. The molecule has 162 valence electrons. The Morgan fingerprint density at radius 1 is 0.968 bits per heavy atom. The van der Waals surface area contributed by atoms with Crippen molar-refractivity contribution in [3.05, 3.63) is 95.6 Å². The Morgan fingerprint density at radius 2 is 1.68 bits per heavy atom. The molecule has 1 unspecified atom stereocenters. The third-order valence-corrected chi connectivity index (χ3v) is 6.04. The molecule has 0 amide bonds. The Morgan fingerprint density at radius 3 is 2.35 bits per heavy atom. The second kappa shape index (κ2) is 10.2. The minimum Gasteiger partial charge on any atom is -0.469 e. The minimum atomic E-state index is -3.98. The van der Waals surface area contributed by atoms with Gasteiger partial charge in [-0.15, -0.1) is 0 Å². The maximum atomic E-state index is 12.6. The number of carbonyl (C=O) groups excluding carboxylic acids is 1. The van der Waals surface area contributed by atoms with Crippen LogP contribution in [0.2, 0.25) is 0 Å². The summed E-state index contributed by atoms with van der Waals surface area (Å²) >= 11 is 0. The highest BCUT2D eigenvalue weighted by atomic mass is 32.2. The predicted molar refractivity (Wildman–Crippen MR) is 118 cm³/mol. The standard InChI is InChI=1S/C24H25NO5S/c1-18-11-13-22(14-12-18)31(27,28)30-21-10-6-9-20(15-21)23(24(26)29-2)17-25-16-19-7-4-3-5-8-19/h3-15,23,25H,16-17H2,1-2H3. The number of hydrogen-bond donors (Lipinski definition) is 1. The van der Waals surface area contributed by atoms with Crippen molar-refractivity contribution in [3.63, 3.8) is 0 Å². The van der Waals surface area contributed by atoms with E-state index in [2.05, 4.69) is 5.32 Å². The van der Waals surface area contributed by atoms with Crippen LogP contribution in [0.15, 0.2) is 83.8 Å². The summed E-state index contributed by atoms with van der Waals surface area (Å²) in [4.78, 5) is 12.5. The Balaban J connectivity index is 1.75. The lowest BCUT2D eigenvalue weighted by Crippen LogP contribution is -2.27. The maximum Gasteiger partial charge on any atom is 0.339 e. The van der Waals surface area contributed by atoms with E-state index in [-0.39, 0.29) is 10.6 Å². The number of nitrogens with one attached hydrogen (secondary N) is 1. The van der Waals surface area contributed by atoms with Gasteiger partial charge in [0.15, 0.2) is 0 Å². The summed E-state index contributed by atoms with van der Waals surface area (Å²) in [6, 6.07) is 22.7. The zero-order chi connectivity index (χ0) is 22.3. The highest BCUT2D eigenvalue weighted by Crippen LogP contribution is 2.25. The molecule has 31 heavy (non-hydrogen) atoms. The van der Waals surface area contributed by atoms with Gasteiger partial charge in [0.05, 0.1) is 13.0 Å². The van der Waals surface area contributed by atoms with Gasteiger partial charge in [-0.3, -0.25) is 4.79 Å². The molecule has 3 aromatic rings. The third-order valence-electron chi connectivity index (χ3n) is 4.78. The summed E-state index contributed by atoms with van der Waals surface area (Å²) in [6.07, 6.45) is 0. The highest BCUT2D eigenvalue weighted by Gasteiger charge is 2.23. The first-order valence-electron chi connectivity index (χ1n) is 9.82. The molecule has 0 heterocycles. The SMILES string of the molecule is COC(=O)C(CNCc1ccccc1)c1cccc(OS(=O)(=O)c2ccc(C)cc2)c1. The molecule has 0 saturated heterocycles. The number of benzene rings is 3. The van der Waals surface area contributed by atoms with Crippen LogP contribution < -0.4 is 9.50 Å². The predicted octanol–water partition coefficient (Wildman–Crippen LogP) is 3.81. The van der Waals surface area contributed by atoms with Gasteiger partial charge in [-0.1, -0.05) is 60.2 Å². The number of aryl methyl sites for hydroxylation is 1. The molecule has 1 N–H and O–H groups in total. The molecule has 0 fully saturated rings. The lowest BCUT2D eigenvalue weighted by molar-refractivity contribution is -0.142. The molecule has 1 atom stereocenters. The van der Waals surface area contributed by atoms with E-state index in [0.29, 0.717) is 18.7 Å². The molecule has 0 spiro atoms. The number of carbonyl (C=O) groups is 1.